The molecule has 0 radical (unpaired) electrons. The van der Waals surface area contributed by atoms with Crippen molar-refractivity contribution in [3.05, 3.63) is 158 Å². The Kier molecular flexibility index (Phi) is 73.4. The van der Waals surface area contributed by atoms with Gasteiger partial charge in [-0.25, -0.2) is 4.57 Å². The van der Waals surface area contributed by atoms with Crippen LogP contribution in [0.25, 0.3) is 0 Å². The van der Waals surface area contributed by atoms with Crippen molar-refractivity contribution in [3.8, 4) is 0 Å². The number of phosphoric ester groups is 1. The van der Waals surface area contributed by atoms with Crippen LogP contribution >= 0.6 is 7.82 Å². The molecule has 0 bridgehead atoms. The number of carbonyl (C=O) groups is 2. The summed E-state index contributed by atoms with van der Waals surface area (Å²) < 4.78 is 34.8. The van der Waals surface area contributed by atoms with E-state index < -0.39 is 26.5 Å². The number of rotatable bonds is 73. The zero-order valence-corrected chi connectivity index (χ0v) is 64.9. The fourth-order valence-electron chi connectivity index (χ4n) is 10.9. The van der Waals surface area contributed by atoms with Gasteiger partial charge < -0.3 is 18.9 Å². The van der Waals surface area contributed by atoms with Gasteiger partial charge in [0.25, 0.3) is 0 Å². The molecule has 0 rings (SSSR count). The highest BCUT2D eigenvalue weighted by molar-refractivity contribution is 7.47. The quantitative estimate of drug-likeness (QED) is 0.0211. The Morgan fingerprint density at radius 3 is 0.867 bits per heavy atom. The lowest BCUT2D eigenvalue weighted by Crippen LogP contribution is -2.37. The smallest absolute Gasteiger partial charge is 0.462 e. The van der Waals surface area contributed by atoms with Gasteiger partial charge in [-0.05, 0) is 128 Å². The van der Waals surface area contributed by atoms with Gasteiger partial charge in [-0.3, -0.25) is 18.6 Å². The average Bonchev–Trinajstić information content (AvgIpc) is 1.08. The van der Waals surface area contributed by atoms with Crippen molar-refractivity contribution < 1.29 is 42.1 Å². The number of esters is 2. The summed E-state index contributed by atoms with van der Waals surface area (Å²) >= 11 is 0. The van der Waals surface area contributed by atoms with Crippen molar-refractivity contribution in [2.24, 2.45) is 0 Å². The predicted molar refractivity (Wildman–Crippen MR) is 426 cm³/mol. The van der Waals surface area contributed by atoms with E-state index >= 15 is 0 Å². The number of ether oxygens (including phenoxy) is 2. The summed E-state index contributed by atoms with van der Waals surface area (Å²) in [6.07, 6.45) is 115. The van der Waals surface area contributed by atoms with Crippen LogP contribution < -0.4 is 0 Å². The van der Waals surface area contributed by atoms with E-state index in [1.54, 1.807) is 0 Å². The van der Waals surface area contributed by atoms with Crippen molar-refractivity contribution in [2.45, 2.75) is 341 Å². The molecule has 0 aliphatic rings. The molecule has 0 aromatic heterocycles. The van der Waals surface area contributed by atoms with Crippen molar-refractivity contribution >= 4 is 19.8 Å². The summed E-state index contributed by atoms with van der Waals surface area (Å²) in [4.78, 5) is 36.0. The lowest BCUT2D eigenvalue weighted by atomic mass is 10.0. The molecule has 0 aliphatic carbocycles. The first-order valence-corrected chi connectivity index (χ1v) is 41.7. The number of unbranched alkanes of at least 4 members (excludes halogenated alkanes) is 33. The first kappa shape index (κ1) is 93.6. The van der Waals surface area contributed by atoms with E-state index in [1.807, 2.05) is 21.1 Å². The third-order valence-electron chi connectivity index (χ3n) is 17.0. The zero-order valence-electron chi connectivity index (χ0n) is 64.0. The second-order valence-electron chi connectivity index (χ2n) is 27.7. The maximum Gasteiger partial charge on any atom is 0.472 e. The molecule has 0 saturated heterocycles. The highest BCUT2D eigenvalue weighted by Crippen LogP contribution is 2.43. The minimum absolute atomic E-state index is 0.0198. The summed E-state index contributed by atoms with van der Waals surface area (Å²) in [6.45, 7) is 4.29. The number of nitrogens with zero attached hydrogens (tertiary/aromatic N) is 1. The van der Waals surface area contributed by atoms with Crippen molar-refractivity contribution in [3.63, 3.8) is 0 Å². The van der Waals surface area contributed by atoms with Gasteiger partial charge in [0.15, 0.2) is 6.10 Å². The van der Waals surface area contributed by atoms with Gasteiger partial charge in [-0.15, -0.1) is 0 Å². The van der Waals surface area contributed by atoms with E-state index in [0.29, 0.717) is 17.4 Å². The number of carbonyl (C=O) groups excluding carboxylic acids is 2. The van der Waals surface area contributed by atoms with Crippen molar-refractivity contribution in [2.75, 3.05) is 47.5 Å². The molecular weight excluding hydrogens is 1230 g/mol. The Labute approximate surface area is 605 Å². The van der Waals surface area contributed by atoms with Gasteiger partial charge in [-0.1, -0.05) is 352 Å². The van der Waals surface area contributed by atoms with Crippen LogP contribution in [0.2, 0.25) is 0 Å². The first-order valence-electron chi connectivity index (χ1n) is 40.2. The highest BCUT2D eigenvalue weighted by Gasteiger charge is 2.27. The maximum atomic E-state index is 12.9. The number of phosphoric acid groups is 1. The number of hydrogen-bond donors (Lipinski definition) is 1. The fraction of sp³-hybridized carbons (Fsp3) is 0.682. The second-order valence-corrected chi connectivity index (χ2v) is 29.2. The topological polar surface area (TPSA) is 108 Å². The minimum Gasteiger partial charge on any atom is -0.462 e. The highest BCUT2D eigenvalue weighted by atomic mass is 31.2. The zero-order chi connectivity index (χ0) is 71.1. The molecule has 0 fully saturated rings. The van der Waals surface area contributed by atoms with Gasteiger partial charge in [0.1, 0.15) is 19.8 Å². The molecule has 10 heteroatoms. The Hall–Kier alpha value is -4.37. The largest absolute Gasteiger partial charge is 0.472 e. The molecule has 2 atom stereocenters. The molecular formula is C88H151NO8P+. The summed E-state index contributed by atoms with van der Waals surface area (Å²) in [5.41, 5.74) is 0. The van der Waals surface area contributed by atoms with Crippen LogP contribution in [0.3, 0.4) is 0 Å². The first-order chi connectivity index (χ1) is 48.0. The lowest BCUT2D eigenvalue weighted by Gasteiger charge is -2.24. The third-order valence-corrected chi connectivity index (χ3v) is 18.0. The van der Waals surface area contributed by atoms with E-state index in [9.17, 15) is 19.0 Å². The normalized spacial score (nSPS) is 13.9. The van der Waals surface area contributed by atoms with Crippen LogP contribution in [0.4, 0.5) is 0 Å². The Bertz CT molecular complexity index is 2220. The van der Waals surface area contributed by atoms with Crippen LogP contribution in [-0.2, 0) is 32.7 Å². The molecule has 0 aliphatic heterocycles. The summed E-state index contributed by atoms with van der Waals surface area (Å²) in [5, 5.41) is 0. The fourth-order valence-corrected chi connectivity index (χ4v) is 11.7. The molecule has 0 spiro atoms. The van der Waals surface area contributed by atoms with E-state index in [4.69, 9.17) is 18.5 Å². The van der Waals surface area contributed by atoms with Crippen LogP contribution in [0.5, 0.6) is 0 Å². The molecule has 0 amide bonds. The number of hydrogen-bond acceptors (Lipinski definition) is 7. The third kappa shape index (κ3) is 80.6. The minimum atomic E-state index is -4.41. The van der Waals surface area contributed by atoms with Crippen molar-refractivity contribution in [1.82, 2.24) is 0 Å². The Morgan fingerprint density at radius 2 is 0.582 bits per heavy atom. The Balaban J connectivity index is 4.04. The van der Waals surface area contributed by atoms with E-state index in [0.717, 1.165) is 122 Å². The molecule has 0 aromatic rings. The number of allylic oxidation sites excluding steroid dienone is 26. The molecule has 9 nitrogen and oxygen atoms in total. The molecule has 0 saturated carbocycles. The van der Waals surface area contributed by atoms with Gasteiger partial charge in [0.05, 0.1) is 27.7 Å². The molecule has 560 valence electrons. The van der Waals surface area contributed by atoms with Crippen LogP contribution in [-0.4, -0.2) is 74.9 Å². The van der Waals surface area contributed by atoms with E-state index in [1.165, 1.54) is 180 Å². The van der Waals surface area contributed by atoms with Gasteiger partial charge in [-0.2, -0.15) is 0 Å². The van der Waals surface area contributed by atoms with E-state index in [2.05, 4.69) is 172 Å². The molecule has 0 heterocycles. The molecule has 1 N–H and O–H groups in total. The average molecular weight is 1380 g/mol. The molecule has 0 aromatic carbocycles. The van der Waals surface area contributed by atoms with Gasteiger partial charge >= 0.3 is 19.8 Å². The van der Waals surface area contributed by atoms with Crippen molar-refractivity contribution in [1.29, 1.82) is 0 Å². The SMILES string of the molecule is CC/C=C\C/C=C\C/C=C\C/C=C\C/C=C\C/C=C\C/C=C\C/C=C\C/C=C\C/C=C\CCCCCCC(=O)OC(COC(=O)CCCCCCCCCCCCCCCCCCCCCCCCCC/C=C\C/C=C\C/C=C\CCCCCCC)COP(=O)(O)OCC[N+](C)(C)C. The number of quaternary nitrogens is 1. The standard InChI is InChI=1S/C88H150NO8P/c1-6-8-10-12-14-16-18-20-22-24-26-28-30-32-34-36-38-40-42-43-44-45-47-48-50-52-54-56-58-60-62-64-66-68-70-72-74-76-78-80-87(90)94-84-86(85-96-98(92,93)95-83-82-89(3,4)5)97-88(91)81-79-77-75-73-71-69-67-65-63-61-59-57-55-53-51-49-46-41-39-37-35-33-31-29-27-25-23-21-19-17-15-13-11-9-7-2/h9,11,15,17-18,20-21,23-24,26-27,29-30,32-33,35,39,41,49,51,55,57,61,63,67,69,86H,6-8,10,12-14,16,19,22,25,28,31,34,36-38,40,42-48,50,52-54,56,58-60,62,64-66,68,70-85H2,1-5H3/p+1/b11-9-,17-15-,20-18-,23-21-,26-24-,29-27-,32-30-,35-33-,41-39-,51-49-,57-55-,63-61-,69-67-. The van der Waals surface area contributed by atoms with Crippen LogP contribution in [0.15, 0.2) is 158 Å². The van der Waals surface area contributed by atoms with E-state index in [-0.39, 0.29) is 32.0 Å². The number of likely N-dealkylation sites (N-methyl/N-ethyl adjacent to an activating group) is 1. The molecule has 98 heavy (non-hydrogen) atoms. The summed E-state index contributed by atoms with van der Waals surface area (Å²) in [7, 11) is 1.45. The maximum absolute atomic E-state index is 12.9. The Morgan fingerprint density at radius 1 is 0.327 bits per heavy atom. The van der Waals surface area contributed by atoms with Gasteiger partial charge in [0.2, 0.25) is 0 Å². The predicted octanol–water partition coefficient (Wildman–Crippen LogP) is 27.1. The lowest BCUT2D eigenvalue weighted by molar-refractivity contribution is -0.870. The van der Waals surface area contributed by atoms with Gasteiger partial charge in [0, 0.05) is 12.8 Å². The van der Waals surface area contributed by atoms with Crippen LogP contribution in [0.1, 0.15) is 335 Å². The molecule has 2 unspecified atom stereocenters. The van der Waals surface area contributed by atoms with Crippen LogP contribution in [0, 0.1) is 0 Å². The summed E-state index contributed by atoms with van der Waals surface area (Å²) in [6, 6.07) is 0. The second kappa shape index (κ2) is 76.8. The monoisotopic (exact) mass is 1380 g/mol. The summed E-state index contributed by atoms with van der Waals surface area (Å²) in [5.74, 6) is -0.825.